The van der Waals surface area contributed by atoms with Gasteiger partial charge in [0.2, 0.25) is 0 Å². The van der Waals surface area contributed by atoms with E-state index in [1.807, 2.05) is 0 Å². The lowest BCUT2D eigenvalue weighted by molar-refractivity contribution is -0.274. The number of alkyl halides is 3. The number of halogens is 3. The molecular weight excluding hydrogens is 285 g/mol. The van der Waals surface area contributed by atoms with E-state index in [4.69, 9.17) is 4.74 Å². The van der Waals surface area contributed by atoms with Gasteiger partial charge in [-0.1, -0.05) is 30.3 Å². The number of para-hydroxylation sites is 1. The number of carbonyl (C=O) groups is 1. The second-order valence-electron chi connectivity index (χ2n) is 4.17. The van der Waals surface area contributed by atoms with Gasteiger partial charge in [0, 0.05) is 12.5 Å². The van der Waals surface area contributed by atoms with E-state index in [9.17, 15) is 18.0 Å². The van der Waals surface area contributed by atoms with Crippen LogP contribution in [0.15, 0.2) is 48.5 Å². The summed E-state index contributed by atoms with van der Waals surface area (Å²) in [5.41, 5.74) is 0.706. The molecule has 0 saturated carbocycles. The Morgan fingerprint density at radius 1 is 1.05 bits per heavy atom. The molecule has 0 unspecified atom stereocenters. The lowest BCUT2D eigenvalue weighted by Gasteiger charge is -2.13. The molecule has 0 aliphatic carbocycles. The molecule has 2 rings (SSSR count). The normalized spacial score (nSPS) is 11.0. The summed E-state index contributed by atoms with van der Waals surface area (Å²) < 4.78 is 46.1. The number of hydrogen-bond acceptors (Lipinski definition) is 3. The van der Waals surface area contributed by atoms with Gasteiger partial charge in [-0.25, -0.2) is 0 Å². The van der Waals surface area contributed by atoms with Crippen molar-refractivity contribution in [2.75, 3.05) is 0 Å². The van der Waals surface area contributed by atoms with Crippen LogP contribution in [-0.4, -0.2) is 12.3 Å². The fraction of sp³-hybridized carbons (Fsp3) is 0.133. The first-order valence-corrected chi connectivity index (χ1v) is 5.99. The maximum absolute atomic E-state index is 12.4. The Bertz CT molecular complexity index is 651. The van der Waals surface area contributed by atoms with Gasteiger partial charge < -0.3 is 9.47 Å². The van der Waals surface area contributed by atoms with Crippen molar-refractivity contribution < 1.29 is 27.4 Å². The van der Waals surface area contributed by atoms with Gasteiger partial charge in [0.15, 0.2) is 0 Å². The van der Waals surface area contributed by atoms with Crippen molar-refractivity contribution in [2.24, 2.45) is 0 Å². The molecule has 2 aromatic carbocycles. The van der Waals surface area contributed by atoms with E-state index in [0.717, 1.165) is 0 Å². The minimum atomic E-state index is -4.77. The van der Waals surface area contributed by atoms with Crippen molar-refractivity contribution in [2.45, 2.75) is 13.3 Å². The maximum Gasteiger partial charge on any atom is 0.573 e. The van der Waals surface area contributed by atoms with Gasteiger partial charge in [-0.15, -0.1) is 13.2 Å². The van der Waals surface area contributed by atoms with Crippen molar-refractivity contribution >= 4 is 5.97 Å². The monoisotopic (exact) mass is 296 g/mol. The third kappa shape index (κ3) is 4.24. The fourth-order valence-corrected chi connectivity index (χ4v) is 1.81. The highest BCUT2D eigenvalue weighted by atomic mass is 19.4. The van der Waals surface area contributed by atoms with Gasteiger partial charge in [0.25, 0.3) is 0 Å². The zero-order valence-corrected chi connectivity index (χ0v) is 11.0. The van der Waals surface area contributed by atoms with E-state index < -0.39 is 12.3 Å². The first kappa shape index (κ1) is 14.9. The second kappa shape index (κ2) is 5.87. The molecule has 2 aromatic rings. The summed E-state index contributed by atoms with van der Waals surface area (Å²) in [5.74, 6) is -0.571. The third-order valence-electron chi connectivity index (χ3n) is 2.52. The number of esters is 1. The standard InChI is InChI=1S/C15H11F3O3/c1-10(19)20-12-6-4-5-11(9-12)13-7-2-3-8-14(13)21-15(16,17)18/h2-9H,1H3. The Hall–Kier alpha value is -2.50. The molecule has 0 heterocycles. The molecule has 0 bridgehead atoms. The smallest absolute Gasteiger partial charge is 0.427 e. The Morgan fingerprint density at radius 2 is 1.76 bits per heavy atom. The summed E-state index contributed by atoms with van der Waals surface area (Å²) in [6.07, 6.45) is -4.77. The molecule has 0 saturated heterocycles. The molecule has 21 heavy (non-hydrogen) atoms. The van der Waals surface area contributed by atoms with E-state index in [-0.39, 0.29) is 17.1 Å². The molecule has 0 fully saturated rings. The van der Waals surface area contributed by atoms with Crippen LogP contribution >= 0.6 is 0 Å². The van der Waals surface area contributed by atoms with Gasteiger partial charge >= 0.3 is 12.3 Å². The lowest BCUT2D eigenvalue weighted by atomic mass is 10.0. The minimum absolute atomic E-state index is 0.252. The zero-order chi connectivity index (χ0) is 15.5. The van der Waals surface area contributed by atoms with Crippen LogP contribution in [0.3, 0.4) is 0 Å². The topological polar surface area (TPSA) is 35.5 Å². The van der Waals surface area contributed by atoms with Crippen LogP contribution in [0.2, 0.25) is 0 Å². The molecule has 3 nitrogen and oxygen atoms in total. The third-order valence-corrected chi connectivity index (χ3v) is 2.52. The van der Waals surface area contributed by atoms with Gasteiger partial charge in [-0.05, 0) is 23.8 Å². The molecular formula is C15H11F3O3. The van der Waals surface area contributed by atoms with Crippen LogP contribution in [0.4, 0.5) is 13.2 Å². The number of carbonyl (C=O) groups excluding carboxylic acids is 1. The largest absolute Gasteiger partial charge is 0.573 e. The van der Waals surface area contributed by atoms with Crippen molar-refractivity contribution in [3.8, 4) is 22.6 Å². The van der Waals surface area contributed by atoms with Gasteiger partial charge in [-0.3, -0.25) is 4.79 Å². The summed E-state index contributed by atoms with van der Waals surface area (Å²) in [6.45, 7) is 1.24. The molecule has 0 atom stereocenters. The van der Waals surface area contributed by atoms with E-state index in [1.54, 1.807) is 18.2 Å². The van der Waals surface area contributed by atoms with Crippen molar-refractivity contribution in [3.05, 3.63) is 48.5 Å². The molecule has 0 aliphatic heterocycles. The number of rotatable bonds is 3. The molecule has 0 radical (unpaired) electrons. The predicted octanol–water partition coefficient (Wildman–Crippen LogP) is 4.18. The predicted molar refractivity (Wildman–Crippen MR) is 69.9 cm³/mol. The summed E-state index contributed by atoms with van der Waals surface area (Å²) in [6, 6.07) is 12.0. The average Bonchev–Trinajstić information content (AvgIpc) is 2.37. The van der Waals surface area contributed by atoms with Gasteiger partial charge in [-0.2, -0.15) is 0 Å². The van der Waals surface area contributed by atoms with Crippen molar-refractivity contribution in [3.63, 3.8) is 0 Å². The van der Waals surface area contributed by atoms with Gasteiger partial charge in [0.1, 0.15) is 11.5 Å². The SMILES string of the molecule is CC(=O)Oc1cccc(-c2ccccc2OC(F)(F)F)c1. The average molecular weight is 296 g/mol. The fourth-order valence-electron chi connectivity index (χ4n) is 1.81. The van der Waals surface area contributed by atoms with Crippen LogP contribution in [0, 0.1) is 0 Å². The van der Waals surface area contributed by atoms with E-state index >= 15 is 0 Å². The summed E-state index contributed by atoms with van der Waals surface area (Å²) in [5, 5.41) is 0. The molecule has 0 amide bonds. The Balaban J connectivity index is 2.40. The van der Waals surface area contributed by atoms with Crippen molar-refractivity contribution in [1.82, 2.24) is 0 Å². The summed E-state index contributed by atoms with van der Waals surface area (Å²) >= 11 is 0. The van der Waals surface area contributed by atoms with Crippen molar-refractivity contribution in [1.29, 1.82) is 0 Å². The second-order valence-corrected chi connectivity index (χ2v) is 4.17. The molecule has 0 aliphatic rings. The number of ether oxygens (including phenoxy) is 2. The van der Waals surface area contributed by atoms with Crippen LogP contribution in [0.1, 0.15) is 6.92 Å². The Morgan fingerprint density at radius 3 is 2.43 bits per heavy atom. The lowest BCUT2D eigenvalue weighted by Crippen LogP contribution is -2.17. The van der Waals surface area contributed by atoms with Gasteiger partial charge in [0.05, 0.1) is 0 Å². The quantitative estimate of drug-likeness (QED) is 0.629. The summed E-state index contributed by atoms with van der Waals surface area (Å²) in [7, 11) is 0. The van der Waals surface area contributed by atoms with Crippen LogP contribution in [-0.2, 0) is 4.79 Å². The van der Waals surface area contributed by atoms with Crippen LogP contribution in [0.5, 0.6) is 11.5 Å². The Kier molecular flexibility index (Phi) is 4.16. The summed E-state index contributed by atoms with van der Waals surface area (Å²) in [4.78, 5) is 10.9. The van der Waals surface area contributed by atoms with E-state index in [2.05, 4.69) is 4.74 Å². The molecule has 110 valence electrons. The van der Waals surface area contributed by atoms with Crippen LogP contribution in [0.25, 0.3) is 11.1 Å². The zero-order valence-electron chi connectivity index (χ0n) is 11.0. The highest BCUT2D eigenvalue weighted by molar-refractivity contribution is 5.74. The minimum Gasteiger partial charge on any atom is -0.427 e. The maximum atomic E-state index is 12.4. The number of hydrogen-bond donors (Lipinski definition) is 0. The first-order valence-electron chi connectivity index (χ1n) is 5.99. The van der Waals surface area contributed by atoms with E-state index in [1.165, 1.54) is 37.3 Å². The highest BCUT2D eigenvalue weighted by Crippen LogP contribution is 2.34. The Labute approximate surface area is 118 Å². The molecule has 0 aromatic heterocycles. The van der Waals surface area contributed by atoms with E-state index in [0.29, 0.717) is 5.56 Å². The molecule has 0 spiro atoms. The first-order chi connectivity index (χ1) is 9.85. The van der Waals surface area contributed by atoms with Crippen LogP contribution < -0.4 is 9.47 Å². The molecule has 6 heteroatoms. The molecule has 0 N–H and O–H groups in total. The number of benzene rings is 2. The highest BCUT2D eigenvalue weighted by Gasteiger charge is 2.32.